The molecule has 2 aromatic rings. The van der Waals surface area contributed by atoms with E-state index in [4.69, 9.17) is 9.47 Å². The number of hydrogen-bond acceptors (Lipinski definition) is 5. The zero-order chi connectivity index (χ0) is 19.1. The smallest absolute Gasteiger partial charge is 0.414 e. The summed E-state index contributed by atoms with van der Waals surface area (Å²) in [6.45, 7) is 2.93. The van der Waals surface area contributed by atoms with Gasteiger partial charge >= 0.3 is 6.09 Å². The van der Waals surface area contributed by atoms with Crippen molar-refractivity contribution in [1.82, 2.24) is 4.90 Å². The van der Waals surface area contributed by atoms with Crippen molar-refractivity contribution < 1.29 is 19.1 Å². The van der Waals surface area contributed by atoms with Crippen LogP contribution in [0.5, 0.6) is 0 Å². The number of amides is 2. The van der Waals surface area contributed by atoms with E-state index in [-0.39, 0.29) is 18.1 Å². The lowest BCUT2D eigenvalue weighted by Gasteiger charge is -2.32. The molecule has 6 nitrogen and oxygen atoms in total. The summed E-state index contributed by atoms with van der Waals surface area (Å²) >= 11 is 1.68. The molecule has 0 bridgehead atoms. The van der Waals surface area contributed by atoms with Crippen LogP contribution in [0.1, 0.15) is 34.1 Å². The summed E-state index contributed by atoms with van der Waals surface area (Å²) in [6, 6.07) is 8.11. The second kappa shape index (κ2) is 7.22. The molecule has 28 heavy (non-hydrogen) atoms. The first kappa shape index (κ1) is 17.7. The Bertz CT molecular complexity index is 925. The van der Waals surface area contributed by atoms with Crippen molar-refractivity contribution in [3.8, 4) is 0 Å². The highest BCUT2D eigenvalue weighted by Gasteiger charge is 2.31. The molecule has 1 aromatic carbocycles. The van der Waals surface area contributed by atoms with Gasteiger partial charge in [0.25, 0.3) is 0 Å². The van der Waals surface area contributed by atoms with Crippen molar-refractivity contribution in [3.63, 3.8) is 0 Å². The molecule has 0 spiro atoms. The standard InChI is InChI=1S/C21H22N2O4S/c24-19(12-18-20-14(5-9-26-18)6-11-28-20)22-7-4-16-15(13-22)2-1-3-17(16)23-8-10-27-21(23)25/h1-3,6,11,18H,4-5,7-10,12-13H2/t18-/m1/s1. The molecular weight excluding hydrogens is 376 g/mol. The number of carbonyl (C=O) groups is 2. The molecule has 7 heteroatoms. The van der Waals surface area contributed by atoms with E-state index in [0.29, 0.717) is 39.3 Å². The fourth-order valence-corrected chi connectivity index (χ4v) is 5.33. The molecule has 1 fully saturated rings. The molecule has 1 aromatic heterocycles. The molecule has 3 aliphatic rings. The molecule has 0 aliphatic carbocycles. The number of cyclic esters (lactones) is 1. The maximum Gasteiger partial charge on any atom is 0.414 e. The van der Waals surface area contributed by atoms with Gasteiger partial charge < -0.3 is 14.4 Å². The predicted octanol–water partition coefficient (Wildman–Crippen LogP) is 3.29. The van der Waals surface area contributed by atoms with Crippen LogP contribution in [0.2, 0.25) is 0 Å². The fraction of sp³-hybridized carbons (Fsp3) is 0.429. The van der Waals surface area contributed by atoms with Gasteiger partial charge in [0.1, 0.15) is 12.7 Å². The van der Waals surface area contributed by atoms with Crippen molar-refractivity contribution in [3.05, 3.63) is 51.2 Å². The minimum Gasteiger partial charge on any atom is -0.447 e. The van der Waals surface area contributed by atoms with Crippen LogP contribution in [0.3, 0.4) is 0 Å². The van der Waals surface area contributed by atoms with E-state index in [1.54, 1.807) is 16.2 Å². The summed E-state index contributed by atoms with van der Waals surface area (Å²) in [7, 11) is 0. The molecule has 4 heterocycles. The largest absolute Gasteiger partial charge is 0.447 e. The highest BCUT2D eigenvalue weighted by molar-refractivity contribution is 7.10. The number of nitrogens with zero attached hydrogens (tertiary/aromatic N) is 2. The van der Waals surface area contributed by atoms with E-state index < -0.39 is 0 Å². The predicted molar refractivity (Wildman–Crippen MR) is 106 cm³/mol. The van der Waals surface area contributed by atoms with Crippen molar-refractivity contribution in [1.29, 1.82) is 0 Å². The molecular formula is C21H22N2O4S. The Kier molecular flexibility index (Phi) is 4.56. The van der Waals surface area contributed by atoms with Crippen molar-refractivity contribution >= 4 is 29.0 Å². The van der Waals surface area contributed by atoms with Gasteiger partial charge in [-0.2, -0.15) is 0 Å². The Morgan fingerprint density at radius 1 is 1.14 bits per heavy atom. The Balaban J connectivity index is 1.31. The van der Waals surface area contributed by atoms with Crippen molar-refractivity contribution in [2.24, 2.45) is 0 Å². The maximum absolute atomic E-state index is 13.0. The van der Waals surface area contributed by atoms with Crippen molar-refractivity contribution in [2.75, 3.05) is 31.2 Å². The number of rotatable bonds is 3. The van der Waals surface area contributed by atoms with Gasteiger partial charge in [-0.3, -0.25) is 9.69 Å². The van der Waals surface area contributed by atoms with E-state index in [0.717, 1.165) is 29.7 Å². The van der Waals surface area contributed by atoms with Gasteiger partial charge in [0, 0.05) is 18.0 Å². The third-order valence-corrected chi connectivity index (χ3v) is 6.82. The normalized spacial score (nSPS) is 21.3. The minimum atomic E-state index is -0.284. The van der Waals surface area contributed by atoms with Gasteiger partial charge in [0.05, 0.1) is 25.3 Å². The van der Waals surface area contributed by atoms with Crippen LogP contribution >= 0.6 is 11.3 Å². The van der Waals surface area contributed by atoms with E-state index in [1.165, 1.54) is 10.4 Å². The highest BCUT2D eigenvalue weighted by atomic mass is 32.1. The molecule has 2 amide bonds. The van der Waals surface area contributed by atoms with Crippen LogP contribution in [0.4, 0.5) is 10.5 Å². The quantitative estimate of drug-likeness (QED) is 0.796. The number of ether oxygens (including phenoxy) is 2. The summed E-state index contributed by atoms with van der Waals surface area (Å²) in [5.41, 5.74) is 4.50. The highest BCUT2D eigenvalue weighted by Crippen LogP contribution is 2.35. The van der Waals surface area contributed by atoms with E-state index in [9.17, 15) is 9.59 Å². The molecule has 1 atom stereocenters. The second-order valence-electron chi connectivity index (χ2n) is 7.37. The molecule has 1 saturated heterocycles. The Labute approximate surface area is 167 Å². The molecule has 0 saturated carbocycles. The van der Waals surface area contributed by atoms with Gasteiger partial charge in [-0.15, -0.1) is 11.3 Å². The Morgan fingerprint density at radius 2 is 2.07 bits per heavy atom. The van der Waals surface area contributed by atoms with Gasteiger partial charge in [-0.05, 0) is 47.0 Å². The molecule has 0 unspecified atom stereocenters. The average molecular weight is 398 g/mol. The van der Waals surface area contributed by atoms with E-state index in [2.05, 4.69) is 11.4 Å². The second-order valence-corrected chi connectivity index (χ2v) is 8.32. The summed E-state index contributed by atoms with van der Waals surface area (Å²) in [4.78, 5) is 29.7. The fourth-order valence-electron chi connectivity index (χ4n) is 4.33. The summed E-state index contributed by atoms with van der Waals surface area (Å²) < 4.78 is 11.0. The maximum atomic E-state index is 13.0. The van der Waals surface area contributed by atoms with Crippen LogP contribution in [-0.4, -0.2) is 43.2 Å². The van der Waals surface area contributed by atoms with Gasteiger partial charge in [-0.25, -0.2) is 4.79 Å². The lowest BCUT2D eigenvalue weighted by Crippen LogP contribution is -2.38. The monoisotopic (exact) mass is 398 g/mol. The SMILES string of the molecule is O=C(C[C@H]1OCCc2ccsc21)N1CCc2c(cccc2N2CCOC2=O)C1. The molecule has 0 N–H and O–H groups in total. The molecule has 5 rings (SSSR count). The Hall–Kier alpha value is -2.38. The topological polar surface area (TPSA) is 59.1 Å². The van der Waals surface area contributed by atoms with Crippen LogP contribution in [0.15, 0.2) is 29.6 Å². The third-order valence-electron chi connectivity index (χ3n) is 5.77. The lowest BCUT2D eigenvalue weighted by molar-refractivity contribution is -0.135. The number of hydrogen-bond donors (Lipinski definition) is 0. The molecule has 3 aliphatic heterocycles. The molecule has 0 radical (unpaired) electrons. The van der Waals surface area contributed by atoms with Gasteiger partial charge in [-0.1, -0.05) is 12.1 Å². The summed E-state index contributed by atoms with van der Waals surface area (Å²) in [5.74, 6) is 0.128. The van der Waals surface area contributed by atoms with Crippen LogP contribution in [0.25, 0.3) is 0 Å². The number of carbonyl (C=O) groups excluding carboxylic acids is 2. The average Bonchev–Trinajstić information content (AvgIpc) is 3.36. The first-order valence-electron chi connectivity index (χ1n) is 9.71. The number of fused-ring (bicyclic) bond motifs is 2. The van der Waals surface area contributed by atoms with Gasteiger partial charge in [0.2, 0.25) is 5.91 Å². The van der Waals surface area contributed by atoms with Crippen LogP contribution < -0.4 is 4.90 Å². The first-order chi connectivity index (χ1) is 13.7. The van der Waals surface area contributed by atoms with Crippen LogP contribution in [-0.2, 0) is 33.7 Å². The zero-order valence-electron chi connectivity index (χ0n) is 15.6. The lowest BCUT2D eigenvalue weighted by atomic mass is 9.96. The number of anilines is 1. The molecule has 146 valence electrons. The summed E-state index contributed by atoms with van der Waals surface area (Å²) in [6.07, 6.45) is 1.66. The van der Waals surface area contributed by atoms with Crippen LogP contribution in [0, 0.1) is 0 Å². The number of thiophene rings is 1. The summed E-state index contributed by atoms with van der Waals surface area (Å²) in [5, 5.41) is 2.08. The van der Waals surface area contributed by atoms with E-state index >= 15 is 0 Å². The zero-order valence-corrected chi connectivity index (χ0v) is 16.4. The number of benzene rings is 1. The van der Waals surface area contributed by atoms with Gasteiger partial charge in [0.15, 0.2) is 0 Å². The third kappa shape index (κ3) is 3.08. The van der Waals surface area contributed by atoms with E-state index in [1.807, 2.05) is 23.1 Å². The minimum absolute atomic E-state index is 0.122. The van der Waals surface area contributed by atoms with Crippen molar-refractivity contribution in [2.45, 2.75) is 31.9 Å². The Morgan fingerprint density at radius 3 is 2.93 bits per heavy atom. The first-order valence-corrected chi connectivity index (χ1v) is 10.6.